The lowest BCUT2D eigenvalue weighted by atomic mass is 10.0. The first kappa shape index (κ1) is 9.96. The largest absolute Gasteiger partial charge is 0.292 e. The van der Waals surface area contributed by atoms with Crippen molar-refractivity contribution >= 4 is 5.78 Å². The molecule has 0 atom stereocenters. The SMILES string of the molecule is Cc1cnn(C)c1C(=O)CC(C)C. The molecule has 0 aliphatic carbocycles. The summed E-state index contributed by atoms with van der Waals surface area (Å²) in [4.78, 5) is 11.7. The fourth-order valence-corrected chi connectivity index (χ4v) is 1.42. The molecule has 72 valence electrons. The maximum atomic E-state index is 11.7. The fraction of sp³-hybridized carbons (Fsp3) is 0.600. The first-order chi connectivity index (χ1) is 6.02. The van der Waals surface area contributed by atoms with Crippen molar-refractivity contribution in [3.63, 3.8) is 0 Å². The lowest BCUT2D eigenvalue weighted by Gasteiger charge is -2.04. The summed E-state index contributed by atoms with van der Waals surface area (Å²) in [5, 5.41) is 4.04. The molecular formula is C10H16N2O. The number of Topliss-reactive ketones (excluding diaryl/α,β-unsaturated/α-hetero) is 1. The molecule has 0 saturated heterocycles. The van der Waals surface area contributed by atoms with E-state index in [2.05, 4.69) is 5.10 Å². The topological polar surface area (TPSA) is 34.9 Å². The van der Waals surface area contributed by atoms with E-state index in [4.69, 9.17) is 0 Å². The first-order valence-corrected chi connectivity index (χ1v) is 4.54. The molecule has 0 fully saturated rings. The number of hydrogen-bond donors (Lipinski definition) is 0. The first-order valence-electron chi connectivity index (χ1n) is 4.54. The maximum Gasteiger partial charge on any atom is 0.181 e. The molecule has 0 aliphatic heterocycles. The van der Waals surface area contributed by atoms with Gasteiger partial charge in [-0.1, -0.05) is 13.8 Å². The van der Waals surface area contributed by atoms with E-state index >= 15 is 0 Å². The van der Waals surface area contributed by atoms with Crippen LogP contribution in [0, 0.1) is 12.8 Å². The van der Waals surface area contributed by atoms with Crippen molar-refractivity contribution in [3.8, 4) is 0 Å². The van der Waals surface area contributed by atoms with Gasteiger partial charge in [0.25, 0.3) is 0 Å². The molecule has 1 aromatic heterocycles. The molecule has 1 heterocycles. The highest BCUT2D eigenvalue weighted by Crippen LogP contribution is 2.12. The van der Waals surface area contributed by atoms with Crippen LogP contribution in [-0.4, -0.2) is 15.6 Å². The van der Waals surface area contributed by atoms with Gasteiger partial charge in [0.2, 0.25) is 0 Å². The van der Waals surface area contributed by atoms with Gasteiger partial charge in [0.1, 0.15) is 5.69 Å². The van der Waals surface area contributed by atoms with Crippen LogP contribution in [-0.2, 0) is 7.05 Å². The van der Waals surface area contributed by atoms with Gasteiger partial charge in [-0.15, -0.1) is 0 Å². The van der Waals surface area contributed by atoms with E-state index in [1.165, 1.54) is 0 Å². The van der Waals surface area contributed by atoms with E-state index in [1.807, 2.05) is 20.8 Å². The number of aromatic nitrogens is 2. The summed E-state index contributed by atoms with van der Waals surface area (Å²) in [6, 6.07) is 0. The minimum Gasteiger partial charge on any atom is -0.292 e. The van der Waals surface area contributed by atoms with Gasteiger partial charge in [-0.25, -0.2) is 0 Å². The van der Waals surface area contributed by atoms with Gasteiger partial charge < -0.3 is 0 Å². The van der Waals surface area contributed by atoms with E-state index < -0.39 is 0 Å². The molecule has 0 aliphatic rings. The van der Waals surface area contributed by atoms with Crippen molar-refractivity contribution in [2.45, 2.75) is 27.2 Å². The quantitative estimate of drug-likeness (QED) is 0.666. The molecule has 0 bridgehead atoms. The zero-order valence-electron chi connectivity index (χ0n) is 8.66. The molecule has 0 unspecified atom stereocenters. The van der Waals surface area contributed by atoms with Crippen molar-refractivity contribution in [3.05, 3.63) is 17.5 Å². The molecule has 0 spiro atoms. The zero-order valence-corrected chi connectivity index (χ0v) is 8.66. The van der Waals surface area contributed by atoms with E-state index in [0.717, 1.165) is 11.3 Å². The maximum absolute atomic E-state index is 11.7. The van der Waals surface area contributed by atoms with Crippen LogP contribution in [0.3, 0.4) is 0 Å². The number of ketones is 1. The lowest BCUT2D eigenvalue weighted by Crippen LogP contribution is -2.10. The second-order valence-corrected chi connectivity index (χ2v) is 3.82. The minimum absolute atomic E-state index is 0.188. The summed E-state index contributed by atoms with van der Waals surface area (Å²) < 4.78 is 1.65. The highest BCUT2D eigenvalue weighted by Gasteiger charge is 2.14. The van der Waals surface area contributed by atoms with Gasteiger partial charge in [-0.05, 0) is 18.4 Å². The summed E-state index contributed by atoms with van der Waals surface area (Å²) in [5.41, 5.74) is 1.71. The Balaban J connectivity index is 2.88. The average molecular weight is 180 g/mol. The Morgan fingerprint density at radius 1 is 1.62 bits per heavy atom. The second-order valence-electron chi connectivity index (χ2n) is 3.82. The monoisotopic (exact) mass is 180 g/mol. The Hall–Kier alpha value is -1.12. The number of aryl methyl sites for hydroxylation is 2. The van der Waals surface area contributed by atoms with E-state index in [1.54, 1.807) is 17.9 Å². The van der Waals surface area contributed by atoms with E-state index in [0.29, 0.717) is 12.3 Å². The number of nitrogens with zero attached hydrogens (tertiary/aromatic N) is 2. The van der Waals surface area contributed by atoms with Crippen LogP contribution in [0.4, 0.5) is 0 Å². The summed E-state index contributed by atoms with van der Waals surface area (Å²) in [6.45, 7) is 6.01. The average Bonchev–Trinajstić information content (AvgIpc) is 2.29. The van der Waals surface area contributed by atoms with Gasteiger partial charge in [-0.3, -0.25) is 9.48 Å². The normalized spacial score (nSPS) is 10.8. The predicted molar refractivity (Wildman–Crippen MR) is 51.7 cm³/mol. The number of hydrogen-bond acceptors (Lipinski definition) is 2. The van der Waals surface area contributed by atoms with Crippen molar-refractivity contribution in [2.75, 3.05) is 0 Å². The predicted octanol–water partition coefficient (Wildman–Crippen LogP) is 1.96. The fourth-order valence-electron chi connectivity index (χ4n) is 1.42. The van der Waals surface area contributed by atoms with Crippen LogP contribution in [0.15, 0.2) is 6.20 Å². The number of carbonyl (C=O) groups excluding carboxylic acids is 1. The minimum atomic E-state index is 0.188. The van der Waals surface area contributed by atoms with Crippen molar-refractivity contribution in [2.24, 2.45) is 13.0 Å². The van der Waals surface area contributed by atoms with Crippen molar-refractivity contribution in [1.29, 1.82) is 0 Å². The van der Waals surface area contributed by atoms with Crippen molar-refractivity contribution < 1.29 is 4.79 Å². The molecule has 0 aromatic carbocycles. The second kappa shape index (κ2) is 3.73. The molecule has 0 amide bonds. The van der Waals surface area contributed by atoms with Crippen LogP contribution in [0.25, 0.3) is 0 Å². The Morgan fingerprint density at radius 2 is 2.23 bits per heavy atom. The number of carbonyl (C=O) groups is 1. The summed E-state index contributed by atoms with van der Waals surface area (Å²) in [7, 11) is 1.81. The molecule has 0 N–H and O–H groups in total. The van der Waals surface area contributed by atoms with Crippen LogP contribution in [0.5, 0.6) is 0 Å². The highest BCUT2D eigenvalue weighted by atomic mass is 16.1. The molecule has 0 radical (unpaired) electrons. The highest BCUT2D eigenvalue weighted by molar-refractivity contribution is 5.95. The lowest BCUT2D eigenvalue weighted by molar-refractivity contribution is 0.0958. The Bertz CT molecular complexity index is 293. The Morgan fingerprint density at radius 3 is 2.62 bits per heavy atom. The molecule has 1 rings (SSSR count). The number of rotatable bonds is 3. The van der Waals surface area contributed by atoms with Gasteiger partial charge >= 0.3 is 0 Å². The molecule has 13 heavy (non-hydrogen) atoms. The Labute approximate surface area is 78.8 Å². The third-order valence-electron chi connectivity index (χ3n) is 1.98. The zero-order chi connectivity index (χ0) is 10.0. The Kier molecular flexibility index (Phi) is 2.86. The van der Waals surface area contributed by atoms with Crippen molar-refractivity contribution in [1.82, 2.24) is 9.78 Å². The van der Waals surface area contributed by atoms with Gasteiger partial charge in [0.15, 0.2) is 5.78 Å². The van der Waals surface area contributed by atoms with Crippen LogP contribution in [0.1, 0.15) is 36.3 Å². The van der Waals surface area contributed by atoms with Crippen LogP contribution < -0.4 is 0 Å². The smallest absolute Gasteiger partial charge is 0.181 e. The molecule has 3 nitrogen and oxygen atoms in total. The van der Waals surface area contributed by atoms with E-state index in [-0.39, 0.29) is 5.78 Å². The van der Waals surface area contributed by atoms with Crippen LogP contribution >= 0.6 is 0 Å². The summed E-state index contributed by atoms with van der Waals surface area (Å²) in [6.07, 6.45) is 2.33. The molecule has 3 heteroatoms. The molecular weight excluding hydrogens is 164 g/mol. The third kappa shape index (κ3) is 2.17. The summed E-state index contributed by atoms with van der Waals surface area (Å²) >= 11 is 0. The third-order valence-corrected chi connectivity index (χ3v) is 1.98. The molecule has 1 aromatic rings. The van der Waals surface area contributed by atoms with E-state index in [9.17, 15) is 4.79 Å². The summed E-state index contributed by atoms with van der Waals surface area (Å²) in [5.74, 6) is 0.592. The van der Waals surface area contributed by atoms with Gasteiger partial charge in [0, 0.05) is 13.5 Å². The standard InChI is InChI=1S/C10H16N2O/c1-7(2)5-9(13)10-8(3)6-11-12(10)4/h6-7H,5H2,1-4H3. The van der Waals surface area contributed by atoms with Gasteiger partial charge in [-0.2, -0.15) is 5.10 Å². The van der Waals surface area contributed by atoms with Gasteiger partial charge in [0.05, 0.1) is 6.20 Å². The molecule has 0 saturated carbocycles. The van der Waals surface area contributed by atoms with Crippen LogP contribution in [0.2, 0.25) is 0 Å².